The maximum atomic E-state index is 11.2. The van der Waals surface area contributed by atoms with E-state index in [4.69, 9.17) is 9.84 Å². The number of hydrogen-bond donors (Lipinski definition) is 1. The maximum absolute atomic E-state index is 11.2. The molecule has 0 fully saturated rings. The molecule has 3 nitrogen and oxygen atoms in total. The molecule has 0 aromatic heterocycles. The topological polar surface area (TPSA) is 46.5 Å². The Morgan fingerprint density at radius 2 is 2.07 bits per heavy atom. The summed E-state index contributed by atoms with van der Waals surface area (Å²) in [6.45, 7) is 3.87. The van der Waals surface area contributed by atoms with Crippen molar-refractivity contribution in [2.75, 3.05) is 0 Å². The lowest BCUT2D eigenvalue weighted by Crippen LogP contribution is -2.11. The second-order valence-electron chi connectivity index (χ2n) is 3.74. The largest absolute Gasteiger partial charge is 0.461 e. The van der Waals surface area contributed by atoms with Gasteiger partial charge < -0.3 is 9.84 Å². The van der Waals surface area contributed by atoms with E-state index < -0.39 is 0 Å². The van der Waals surface area contributed by atoms with Crippen LogP contribution in [-0.4, -0.2) is 11.1 Å². The van der Waals surface area contributed by atoms with Gasteiger partial charge in [0.1, 0.15) is 6.61 Å². The van der Waals surface area contributed by atoms with E-state index >= 15 is 0 Å². The third-order valence-corrected chi connectivity index (χ3v) is 2.03. The predicted octanol–water partition coefficient (Wildman–Crippen LogP) is 1.88. The molecule has 1 rings (SSSR count). The Kier molecular flexibility index (Phi) is 4.31. The zero-order valence-corrected chi connectivity index (χ0v) is 9.06. The first-order valence-electron chi connectivity index (χ1n) is 4.99. The quantitative estimate of drug-likeness (QED) is 0.768. The Labute approximate surface area is 89.7 Å². The van der Waals surface area contributed by atoms with Crippen LogP contribution in [0.1, 0.15) is 25.0 Å². The molecule has 82 valence electrons. The molecular weight excluding hydrogens is 192 g/mol. The zero-order valence-electron chi connectivity index (χ0n) is 9.06. The van der Waals surface area contributed by atoms with Crippen LogP contribution < -0.4 is 0 Å². The van der Waals surface area contributed by atoms with Gasteiger partial charge in [-0.1, -0.05) is 38.1 Å². The number of rotatable bonds is 4. The second kappa shape index (κ2) is 5.51. The van der Waals surface area contributed by atoms with Crippen molar-refractivity contribution in [1.82, 2.24) is 0 Å². The Morgan fingerprint density at radius 3 is 2.67 bits per heavy atom. The Balaban J connectivity index is 2.54. The molecule has 0 bridgehead atoms. The summed E-state index contributed by atoms with van der Waals surface area (Å²) in [5.74, 6) is -0.310. The summed E-state index contributed by atoms with van der Waals surface area (Å²) in [5, 5.41) is 8.92. The summed E-state index contributed by atoms with van der Waals surface area (Å²) >= 11 is 0. The predicted molar refractivity (Wildman–Crippen MR) is 57.0 cm³/mol. The number of aliphatic hydroxyl groups is 1. The molecule has 1 aromatic carbocycles. The number of benzene rings is 1. The third-order valence-electron chi connectivity index (χ3n) is 2.03. The molecular formula is C12H16O3. The van der Waals surface area contributed by atoms with Gasteiger partial charge in [0.15, 0.2) is 0 Å². The number of aliphatic hydroxyl groups excluding tert-OH is 1. The van der Waals surface area contributed by atoms with E-state index in [2.05, 4.69) is 0 Å². The van der Waals surface area contributed by atoms with Gasteiger partial charge in [0, 0.05) is 0 Å². The standard InChI is InChI=1S/C12H16O3/c1-9(2)12(14)15-8-11-5-3-4-10(6-11)7-13/h3-6,9,13H,7-8H2,1-2H3. The van der Waals surface area contributed by atoms with Crippen LogP contribution in [0.5, 0.6) is 0 Å². The van der Waals surface area contributed by atoms with E-state index in [1.807, 2.05) is 24.3 Å². The average Bonchev–Trinajstić information content (AvgIpc) is 2.26. The third kappa shape index (κ3) is 3.72. The fraction of sp³-hybridized carbons (Fsp3) is 0.417. The van der Waals surface area contributed by atoms with E-state index in [9.17, 15) is 4.79 Å². The highest BCUT2D eigenvalue weighted by molar-refractivity contribution is 5.71. The highest BCUT2D eigenvalue weighted by Gasteiger charge is 2.08. The minimum Gasteiger partial charge on any atom is -0.461 e. The van der Waals surface area contributed by atoms with Crippen molar-refractivity contribution < 1.29 is 14.6 Å². The van der Waals surface area contributed by atoms with Crippen LogP contribution in [0, 0.1) is 5.92 Å². The average molecular weight is 208 g/mol. The molecule has 0 aliphatic rings. The lowest BCUT2D eigenvalue weighted by atomic mass is 10.1. The van der Waals surface area contributed by atoms with Crippen LogP contribution in [0.3, 0.4) is 0 Å². The Morgan fingerprint density at radius 1 is 1.40 bits per heavy atom. The van der Waals surface area contributed by atoms with Crippen molar-refractivity contribution >= 4 is 5.97 Å². The van der Waals surface area contributed by atoms with Gasteiger partial charge in [-0.25, -0.2) is 0 Å². The lowest BCUT2D eigenvalue weighted by molar-refractivity contribution is -0.148. The van der Waals surface area contributed by atoms with Crippen molar-refractivity contribution in [3.63, 3.8) is 0 Å². The second-order valence-corrected chi connectivity index (χ2v) is 3.74. The molecule has 0 saturated heterocycles. The smallest absolute Gasteiger partial charge is 0.308 e. The highest BCUT2D eigenvalue weighted by Crippen LogP contribution is 2.08. The molecule has 1 aromatic rings. The SMILES string of the molecule is CC(C)C(=O)OCc1cccc(CO)c1. The molecule has 1 N–H and O–H groups in total. The van der Waals surface area contributed by atoms with Crippen molar-refractivity contribution in [3.05, 3.63) is 35.4 Å². The van der Waals surface area contributed by atoms with E-state index in [0.717, 1.165) is 11.1 Å². The lowest BCUT2D eigenvalue weighted by Gasteiger charge is -2.07. The van der Waals surface area contributed by atoms with Crippen LogP contribution in [-0.2, 0) is 22.7 Å². The number of ether oxygens (including phenoxy) is 1. The van der Waals surface area contributed by atoms with Gasteiger partial charge in [-0.2, -0.15) is 0 Å². The molecule has 0 aliphatic carbocycles. The normalized spacial score (nSPS) is 10.4. The molecule has 0 saturated carbocycles. The van der Waals surface area contributed by atoms with Crippen molar-refractivity contribution in [3.8, 4) is 0 Å². The maximum Gasteiger partial charge on any atom is 0.308 e. The first-order chi connectivity index (χ1) is 7.13. The molecule has 0 amide bonds. The van der Waals surface area contributed by atoms with E-state index in [1.165, 1.54) is 0 Å². The van der Waals surface area contributed by atoms with Gasteiger partial charge in [-0.05, 0) is 11.1 Å². The first-order valence-corrected chi connectivity index (χ1v) is 4.99. The van der Waals surface area contributed by atoms with E-state index in [-0.39, 0.29) is 25.1 Å². The van der Waals surface area contributed by atoms with Crippen molar-refractivity contribution in [2.24, 2.45) is 5.92 Å². The molecule has 15 heavy (non-hydrogen) atoms. The molecule has 0 aliphatic heterocycles. The minimum atomic E-state index is -0.204. The van der Waals surface area contributed by atoms with E-state index in [0.29, 0.717) is 0 Å². The molecule has 0 heterocycles. The van der Waals surface area contributed by atoms with Crippen molar-refractivity contribution in [2.45, 2.75) is 27.1 Å². The number of esters is 1. The molecule has 0 atom stereocenters. The summed E-state index contributed by atoms with van der Waals surface area (Å²) in [4.78, 5) is 11.2. The summed E-state index contributed by atoms with van der Waals surface area (Å²) in [6, 6.07) is 7.36. The monoisotopic (exact) mass is 208 g/mol. The van der Waals surface area contributed by atoms with E-state index in [1.54, 1.807) is 13.8 Å². The van der Waals surface area contributed by atoms with Gasteiger partial charge >= 0.3 is 5.97 Å². The molecule has 0 unspecified atom stereocenters. The summed E-state index contributed by atoms with van der Waals surface area (Å²) in [5.41, 5.74) is 1.73. The summed E-state index contributed by atoms with van der Waals surface area (Å²) in [6.07, 6.45) is 0. The van der Waals surface area contributed by atoms with Gasteiger partial charge in [0.05, 0.1) is 12.5 Å². The Bertz CT molecular complexity index is 331. The molecule has 3 heteroatoms. The number of hydrogen-bond acceptors (Lipinski definition) is 3. The van der Waals surface area contributed by atoms with Crippen LogP contribution >= 0.6 is 0 Å². The molecule has 0 radical (unpaired) electrons. The Hall–Kier alpha value is -1.35. The minimum absolute atomic E-state index is 0.00592. The van der Waals surface area contributed by atoms with Crippen LogP contribution in [0.25, 0.3) is 0 Å². The van der Waals surface area contributed by atoms with Gasteiger partial charge in [0.25, 0.3) is 0 Å². The van der Waals surface area contributed by atoms with Crippen LogP contribution in [0.15, 0.2) is 24.3 Å². The number of carbonyl (C=O) groups is 1. The van der Waals surface area contributed by atoms with Gasteiger partial charge in [-0.3, -0.25) is 4.79 Å². The first kappa shape index (κ1) is 11.7. The highest BCUT2D eigenvalue weighted by atomic mass is 16.5. The summed E-state index contributed by atoms with van der Waals surface area (Å²) in [7, 11) is 0. The van der Waals surface area contributed by atoms with Gasteiger partial charge in [-0.15, -0.1) is 0 Å². The van der Waals surface area contributed by atoms with Gasteiger partial charge in [0.2, 0.25) is 0 Å². The zero-order chi connectivity index (χ0) is 11.3. The van der Waals surface area contributed by atoms with Crippen molar-refractivity contribution in [1.29, 1.82) is 0 Å². The fourth-order valence-electron chi connectivity index (χ4n) is 1.14. The number of carbonyl (C=O) groups excluding carboxylic acids is 1. The van der Waals surface area contributed by atoms with Crippen LogP contribution in [0.2, 0.25) is 0 Å². The molecule has 0 spiro atoms. The summed E-state index contributed by atoms with van der Waals surface area (Å²) < 4.78 is 5.07. The van der Waals surface area contributed by atoms with Crippen LogP contribution in [0.4, 0.5) is 0 Å². The fourth-order valence-corrected chi connectivity index (χ4v) is 1.14.